The summed E-state index contributed by atoms with van der Waals surface area (Å²) in [5.41, 5.74) is 1.35. The number of nitrogens with zero attached hydrogens (tertiary/aromatic N) is 3. The van der Waals surface area contributed by atoms with Gasteiger partial charge in [0, 0.05) is 55.2 Å². The van der Waals surface area contributed by atoms with Crippen molar-refractivity contribution in [3.05, 3.63) is 17.0 Å². The number of rotatable bonds is 2. The first-order valence-electron chi connectivity index (χ1n) is 8.28. The summed E-state index contributed by atoms with van der Waals surface area (Å²) in [6, 6.07) is 0.654. The maximum Gasteiger partial charge on any atom is 0.259 e. The van der Waals surface area contributed by atoms with Crippen molar-refractivity contribution >= 4 is 29.4 Å². The van der Waals surface area contributed by atoms with Crippen molar-refractivity contribution in [1.29, 1.82) is 0 Å². The van der Waals surface area contributed by atoms with Crippen LogP contribution in [0.1, 0.15) is 28.2 Å². The van der Waals surface area contributed by atoms with Crippen LogP contribution in [0.5, 0.6) is 0 Å². The van der Waals surface area contributed by atoms with Gasteiger partial charge >= 0.3 is 0 Å². The van der Waals surface area contributed by atoms with E-state index in [1.54, 1.807) is 0 Å². The minimum atomic E-state index is 0.0766. The second-order valence-corrected chi connectivity index (χ2v) is 8.48. The van der Waals surface area contributed by atoms with Gasteiger partial charge in [-0.25, -0.2) is 0 Å². The lowest BCUT2D eigenvalue weighted by atomic mass is 10.1. The summed E-state index contributed by atoms with van der Waals surface area (Å²) < 4.78 is 5.16. The van der Waals surface area contributed by atoms with E-state index in [0.717, 1.165) is 32.6 Å². The summed E-state index contributed by atoms with van der Waals surface area (Å²) in [5.74, 6) is 5.70. The fourth-order valence-corrected chi connectivity index (χ4v) is 5.89. The Bertz CT molecular complexity index is 522. The van der Waals surface area contributed by atoms with Crippen molar-refractivity contribution in [2.45, 2.75) is 26.3 Å². The summed E-state index contributed by atoms with van der Waals surface area (Å²) in [6.07, 6.45) is 1.04. The minimum Gasteiger partial charge on any atom is -0.361 e. The maximum atomic E-state index is 12.8. The number of aromatic nitrogens is 1. The summed E-state index contributed by atoms with van der Waals surface area (Å²) >= 11 is 4.14. The van der Waals surface area contributed by atoms with E-state index in [1.807, 2.05) is 18.7 Å². The smallest absolute Gasteiger partial charge is 0.259 e. The number of carbonyl (C=O) groups is 1. The van der Waals surface area contributed by atoms with Gasteiger partial charge in [0.2, 0.25) is 0 Å². The second-order valence-electron chi connectivity index (χ2n) is 6.18. The molecule has 3 heterocycles. The van der Waals surface area contributed by atoms with Crippen LogP contribution >= 0.6 is 23.5 Å². The molecule has 5 nitrogen and oxygen atoms in total. The molecule has 128 valence electrons. The van der Waals surface area contributed by atoms with Crippen LogP contribution in [0, 0.1) is 13.8 Å². The quantitative estimate of drug-likeness (QED) is 0.811. The van der Waals surface area contributed by atoms with Crippen LogP contribution < -0.4 is 0 Å². The van der Waals surface area contributed by atoms with Gasteiger partial charge in [-0.05, 0) is 20.3 Å². The first-order valence-corrected chi connectivity index (χ1v) is 10.6. The molecule has 0 saturated carbocycles. The van der Waals surface area contributed by atoms with Crippen molar-refractivity contribution in [3.8, 4) is 0 Å². The molecule has 0 radical (unpaired) electrons. The van der Waals surface area contributed by atoms with E-state index in [4.69, 9.17) is 4.52 Å². The Hall–Kier alpha value is -0.660. The van der Waals surface area contributed by atoms with Gasteiger partial charge in [0.15, 0.2) is 0 Å². The normalized spacial score (nSPS) is 21.9. The highest BCUT2D eigenvalue weighted by atomic mass is 32.2. The largest absolute Gasteiger partial charge is 0.361 e. The van der Waals surface area contributed by atoms with Crippen LogP contribution in [0.4, 0.5) is 0 Å². The number of amides is 1. The predicted octanol–water partition coefficient (Wildman–Crippen LogP) is 2.29. The Balaban J connectivity index is 1.63. The lowest BCUT2D eigenvalue weighted by molar-refractivity contribution is 0.0757. The van der Waals surface area contributed by atoms with Crippen LogP contribution in [-0.4, -0.2) is 76.1 Å². The summed E-state index contributed by atoms with van der Waals surface area (Å²) in [6.45, 7) is 7.35. The highest BCUT2D eigenvalue weighted by Crippen LogP contribution is 2.22. The van der Waals surface area contributed by atoms with E-state index in [0.29, 0.717) is 23.1 Å². The molecule has 7 heteroatoms. The lowest BCUT2D eigenvalue weighted by Crippen LogP contribution is -2.42. The number of aryl methyl sites for hydroxylation is 2. The van der Waals surface area contributed by atoms with Crippen LogP contribution in [-0.2, 0) is 0 Å². The van der Waals surface area contributed by atoms with Gasteiger partial charge in [-0.15, -0.1) is 0 Å². The third-order valence-corrected chi connectivity index (χ3v) is 7.06. The molecular weight excluding hydrogens is 330 g/mol. The molecule has 0 aromatic carbocycles. The number of hydrogen-bond acceptors (Lipinski definition) is 6. The van der Waals surface area contributed by atoms with E-state index >= 15 is 0 Å². The molecule has 1 aromatic heterocycles. The Morgan fingerprint density at radius 3 is 2.52 bits per heavy atom. The zero-order valence-electron chi connectivity index (χ0n) is 13.9. The third kappa shape index (κ3) is 4.06. The van der Waals surface area contributed by atoms with Crippen LogP contribution in [0.3, 0.4) is 0 Å². The summed E-state index contributed by atoms with van der Waals surface area (Å²) in [5, 5.41) is 3.92. The molecule has 1 aromatic rings. The van der Waals surface area contributed by atoms with Gasteiger partial charge in [0.25, 0.3) is 5.91 Å². The average molecular weight is 356 g/mol. The van der Waals surface area contributed by atoms with Crippen molar-refractivity contribution < 1.29 is 9.32 Å². The summed E-state index contributed by atoms with van der Waals surface area (Å²) in [4.78, 5) is 17.4. The zero-order valence-corrected chi connectivity index (χ0v) is 15.5. The Morgan fingerprint density at radius 2 is 1.87 bits per heavy atom. The number of thioether (sulfide) groups is 2. The third-order valence-electron chi connectivity index (χ3n) is 4.57. The molecule has 0 N–H and O–H groups in total. The second kappa shape index (κ2) is 7.94. The zero-order chi connectivity index (χ0) is 16.2. The average Bonchev–Trinajstić information content (AvgIpc) is 2.81. The fraction of sp³-hybridized carbons (Fsp3) is 0.750. The van der Waals surface area contributed by atoms with Crippen LogP contribution in [0.15, 0.2) is 4.52 Å². The van der Waals surface area contributed by atoms with Crippen LogP contribution in [0.25, 0.3) is 0 Å². The Kier molecular flexibility index (Phi) is 5.93. The Labute approximate surface area is 146 Å². The van der Waals surface area contributed by atoms with E-state index in [-0.39, 0.29) is 5.91 Å². The van der Waals surface area contributed by atoms with E-state index in [9.17, 15) is 4.79 Å². The summed E-state index contributed by atoms with van der Waals surface area (Å²) in [7, 11) is 0. The molecule has 23 heavy (non-hydrogen) atoms. The molecule has 0 spiro atoms. The molecule has 2 aliphatic heterocycles. The first-order chi connectivity index (χ1) is 11.2. The van der Waals surface area contributed by atoms with Gasteiger partial charge < -0.3 is 9.42 Å². The highest BCUT2D eigenvalue weighted by molar-refractivity contribution is 8.03. The predicted molar refractivity (Wildman–Crippen MR) is 96.5 cm³/mol. The van der Waals surface area contributed by atoms with Crippen LogP contribution in [0.2, 0.25) is 0 Å². The number of hydrogen-bond donors (Lipinski definition) is 0. The van der Waals surface area contributed by atoms with E-state index in [2.05, 4.69) is 33.6 Å². The van der Waals surface area contributed by atoms with Crippen molar-refractivity contribution in [3.63, 3.8) is 0 Å². The van der Waals surface area contributed by atoms with E-state index < -0.39 is 0 Å². The fourth-order valence-electron chi connectivity index (χ4n) is 3.27. The molecule has 2 saturated heterocycles. The molecule has 0 bridgehead atoms. The lowest BCUT2D eigenvalue weighted by Gasteiger charge is -2.29. The van der Waals surface area contributed by atoms with Crippen molar-refractivity contribution in [2.75, 3.05) is 49.2 Å². The van der Waals surface area contributed by atoms with Gasteiger partial charge in [0.05, 0.1) is 5.69 Å². The highest BCUT2D eigenvalue weighted by Gasteiger charge is 2.28. The molecule has 2 fully saturated rings. The molecule has 1 amide bonds. The molecule has 0 atom stereocenters. The number of carbonyl (C=O) groups excluding carboxylic acids is 1. The van der Waals surface area contributed by atoms with Gasteiger partial charge in [0.1, 0.15) is 11.3 Å². The van der Waals surface area contributed by atoms with E-state index in [1.165, 1.54) is 23.0 Å². The standard InChI is InChI=1S/C16H25N3O2S2/c1-12-15(13(2)21-17-12)16(20)19-5-3-4-18(6-7-19)14-10-22-8-9-23-11-14/h14H,3-11H2,1-2H3. The van der Waals surface area contributed by atoms with Gasteiger partial charge in [-0.3, -0.25) is 9.69 Å². The van der Waals surface area contributed by atoms with Crippen molar-refractivity contribution in [2.24, 2.45) is 0 Å². The molecule has 2 aliphatic rings. The topological polar surface area (TPSA) is 49.6 Å². The molecule has 3 rings (SSSR count). The van der Waals surface area contributed by atoms with Crippen molar-refractivity contribution in [1.82, 2.24) is 15.0 Å². The SMILES string of the molecule is Cc1noc(C)c1C(=O)N1CCCN(C2CSCCSC2)CC1. The Morgan fingerprint density at radius 1 is 1.13 bits per heavy atom. The van der Waals surface area contributed by atoms with Gasteiger partial charge in [-0.2, -0.15) is 23.5 Å². The molecule has 0 unspecified atom stereocenters. The monoisotopic (exact) mass is 355 g/mol. The first kappa shape index (κ1) is 17.2. The minimum absolute atomic E-state index is 0.0766. The molecular formula is C16H25N3O2S2. The van der Waals surface area contributed by atoms with Gasteiger partial charge in [-0.1, -0.05) is 5.16 Å². The maximum absolute atomic E-state index is 12.8. The molecule has 0 aliphatic carbocycles.